The lowest BCUT2D eigenvalue weighted by molar-refractivity contribution is -0.120. The molecule has 2 aromatic carbocycles. The number of benzene rings is 2. The second kappa shape index (κ2) is 8.39. The summed E-state index contributed by atoms with van der Waals surface area (Å²) >= 11 is 1.63. The lowest BCUT2D eigenvalue weighted by Crippen LogP contribution is -2.28. The first kappa shape index (κ1) is 19.1. The Hall–Kier alpha value is -2.27. The van der Waals surface area contributed by atoms with E-state index in [1.807, 2.05) is 60.4 Å². The molecule has 0 radical (unpaired) electrons. The third-order valence-corrected chi connectivity index (χ3v) is 6.81. The fraction of sp³-hybridized carbons (Fsp3) is 0.391. The molecule has 1 N–H and O–H groups in total. The molecule has 1 saturated carbocycles. The van der Waals surface area contributed by atoms with E-state index in [-0.39, 0.29) is 23.1 Å². The normalized spacial score (nSPS) is 20.4. The monoisotopic (exact) mass is 394 g/mol. The van der Waals surface area contributed by atoms with Crippen molar-refractivity contribution in [3.8, 4) is 0 Å². The molecule has 2 amide bonds. The smallest absolute Gasteiger partial charge is 0.238 e. The van der Waals surface area contributed by atoms with Crippen LogP contribution in [-0.2, 0) is 9.59 Å². The van der Waals surface area contributed by atoms with Gasteiger partial charge < -0.3 is 5.32 Å². The molecule has 2 aliphatic rings. The molecule has 2 fully saturated rings. The molecule has 4 rings (SSSR count). The van der Waals surface area contributed by atoms with Crippen molar-refractivity contribution in [2.45, 2.75) is 44.4 Å². The third kappa shape index (κ3) is 4.09. The van der Waals surface area contributed by atoms with Gasteiger partial charge in [0.1, 0.15) is 5.37 Å². The average molecular weight is 395 g/mol. The van der Waals surface area contributed by atoms with E-state index in [1.54, 1.807) is 11.8 Å². The third-order valence-electron chi connectivity index (χ3n) is 5.60. The molecule has 146 valence electrons. The number of carbonyl (C=O) groups excluding carboxylic acids is 2. The van der Waals surface area contributed by atoms with E-state index in [9.17, 15) is 9.59 Å². The minimum Gasteiger partial charge on any atom is -0.326 e. The van der Waals surface area contributed by atoms with E-state index in [0.29, 0.717) is 5.75 Å². The molecule has 0 aromatic heterocycles. The van der Waals surface area contributed by atoms with E-state index in [0.717, 1.165) is 42.6 Å². The Morgan fingerprint density at radius 1 is 1.07 bits per heavy atom. The Labute approximate surface area is 170 Å². The van der Waals surface area contributed by atoms with Gasteiger partial charge in [0.25, 0.3) is 0 Å². The Kier molecular flexibility index (Phi) is 5.72. The lowest BCUT2D eigenvalue weighted by atomic mass is 9.88. The Balaban J connectivity index is 1.53. The number of rotatable bonds is 4. The number of hydrogen-bond donors (Lipinski definition) is 1. The van der Waals surface area contributed by atoms with Gasteiger partial charge in [-0.05, 0) is 49.6 Å². The summed E-state index contributed by atoms with van der Waals surface area (Å²) in [7, 11) is 0. The molecular formula is C23H26N2O2S. The van der Waals surface area contributed by atoms with E-state index in [4.69, 9.17) is 0 Å². The second-order valence-electron chi connectivity index (χ2n) is 7.71. The highest BCUT2D eigenvalue weighted by molar-refractivity contribution is 8.00. The van der Waals surface area contributed by atoms with Crippen LogP contribution < -0.4 is 10.2 Å². The van der Waals surface area contributed by atoms with Crippen LogP contribution in [0.25, 0.3) is 0 Å². The van der Waals surface area contributed by atoms with E-state index >= 15 is 0 Å². The number of hydrogen-bond acceptors (Lipinski definition) is 3. The molecule has 1 aliphatic heterocycles. The Morgan fingerprint density at radius 2 is 1.82 bits per heavy atom. The van der Waals surface area contributed by atoms with E-state index in [1.165, 1.54) is 12.0 Å². The number of aryl methyl sites for hydroxylation is 1. The van der Waals surface area contributed by atoms with Gasteiger partial charge in [0.2, 0.25) is 11.8 Å². The first-order valence-electron chi connectivity index (χ1n) is 10.0. The Bertz CT molecular complexity index is 859. The number of anilines is 2. The van der Waals surface area contributed by atoms with Crippen LogP contribution in [0.2, 0.25) is 0 Å². The summed E-state index contributed by atoms with van der Waals surface area (Å²) in [6.45, 7) is 2.04. The second-order valence-corrected chi connectivity index (χ2v) is 8.78. The molecule has 1 aliphatic carbocycles. The van der Waals surface area contributed by atoms with Crippen molar-refractivity contribution in [3.05, 3.63) is 59.7 Å². The molecule has 2 aromatic rings. The summed E-state index contributed by atoms with van der Waals surface area (Å²) in [5.41, 5.74) is 3.95. The van der Waals surface area contributed by atoms with Crippen LogP contribution in [0.1, 0.15) is 48.6 Å². The molecule has 4 nitrogen and oxygen atoms in total. The number of amides is 2. The van der Waals surface area contributed by atoms with Crippen LogP contribution in [0, 0.1) is 12.8 Å². The van der Waals surface area contributed by atoms with Crippen molar-refractivity contribution in [2.75, 3.05) is 16.0 Å². The largest absolute Gasteiger partial charge is 0.326 e. The van der Waals surface area contributed by atoms with Crippen molar-refractivity contribution in [1.82, 2.24) is 0 Å². The fourth-order valence-electron chi connectivity index (χ4n) is 4.03. The highest BCUT2D eigenvalue weighted by Crippen LogP contribution is 2.42. The first-order valence-corrected chi connectivity index (χ1v) is 11.1. The van der Waals surface area contributed by atoms with Crippen LogP contribution in [0.5, 0.6) is 0 Å². The maximum atomic E-state index is 12.6. The highest BCUT2D eigenvalue weighted by Gasteiger charge is 2.34. The molecule has 1 unspecified atom stereocenters. The number of nitrogens with zero attached hydrogens (tertiary/aromatic N) is 1. The van der Waals surface area contributed by atoms with Crippen LogP contribution in [0.4, 0.5) is 11.4 Å². The average Bonchev–Trinajstić information content (AvgIpc) is 3.11. The maximum absolute atomic E-state index is 12.6. The minimum absolute atomic E-state index is 0.0678. The number of carbonyl (C=O) groups is 2. The van der Waals surface area contributed by atoms with Crippen molar-refractivity contribution >= 4 is 35.0 Å². The van der Waals surface area contributed by atoms with Gasteiger partial charge in [0.15, 0.2) is 0 Å². The molecule has 0 bridgehead atoms. The predicted octanol–water partition coefficient (Wildman–Crippen LogP) is 5.29. The zero-order chi connectivity index (χ0) is 19.5. The zero-order valence-electron chi connectivity index (χ0n) is 16.2. The topological polar surface area (TPSA) is 49.4 Å². The molecular weight excluding hydrogens is 368 g/mol. The summed E-state index contributed by atoms with van der Waals surface area (Å²) in [4.78, 5) is 27.0. The van der Waals surface area contributed by atoms with Crippen molar-refractivity contribution < 1.29 is 9.59 Å². The summed E-state index contributed by atoms with van der Waals surface area (Å²) < 4.78 is 0. The fourth-order valence-corrected chi connectivity index (χ4v) is 5.20. The van der Waals surface area contributed by atoms with Gasteiger partial charge in [-0.25, -0.2) is 0 Å². The van der Waals surface area contributed by atoms with Gasteiger partial charge in [-0.3, -0.25) is 14.5 Å². The van der Waals surface area contributed by atoms with Crippen molar-refractivity contribution in [3.63, 3.8) is 0 Å². The van der Waals surface area contributed by atoms with E-state index in [2.05, 4.69) is 5.32 Å². The van der Waals surface area contributed by atoms with Gasteiger partial charge in [-0.1, -0.05) is 49.1 Å². The molecule has 5 heteroatoms. The van der Waals surface area contributed by atoms with Crippen LogP contribution in [0.15, 0.2) is 48.5 Å². The number of nitrogens with one attached hydrogen (secondary N) is 1. The zero-order valence-corrected chi connectivity index (χ0v) is 17.0. The molecule has 1 atom stereocenters. The molecule has 0 spiro atoms. The Morgan fingerprint density at radius 3 is 2.57 bits per heavy atom. The van der Waals surface area contributed by atoms with Crippen molar-refractivity contribution in [1.29, 1.82) is 0 Å². The van der Waals surface area contributed by atoms with Crippen molar-refractivity contribution in [2.24, 2.45) is 5.92 Å². The summed E-state index contributed by atoms with van der Waals surface area (Å²) in [5.74, 6) is 0.846. The SMILES string of the molecule is Cc1ccc(N2C(=O)CSC2c2cccc(NC(=O)C3CCCCC3)c2)cc1. The van der Waals surface area contributed by atoms with Crippen LogP contribution >= 0.6 is 11.8 Å². The van der Waals surface area contributed by atoms with Gasteiger partial charge in [0.05, 0.1) is 5.75 Å². The summed E-state index contributed by atoms with van der Waals surface area (Å²) in [5, 5.41) is 3.03. The summed E-state index contributed by atoms with van der Waals surface area (Å²) in [6.07, 6.45) is 5.50. The van der Waals surface area contributed by atoms with Crippen LogP contribution in [0.3, 0.4) is 0 Å². The minimum atomic E-state index is -0.0678. The van der Waals surface area contributed by atoms with Gasteiger partial charge in [0, 0.05) is 17.3 Å². The predicted molar refractivity (Wildman–Crippen MR) is 116 cm³/mol. The first-order chi connectivity index (χ1) is 13.6. The van der Waals surface area contributed by atoms with Gasteiger partial charge >= 0.3 is 0 Å². The van der Waals surface area contributed by atoms with Gasteiger partial charge in [-0.2, -0.15) is 0 Å². The molecule has 28 heavy (non-hydrogen) atoms. The van der Waals surface area contributed by atoms with Gasteiger partial charge in [-0.15, -0.1) is 11.8 Å². The highest BCUT2D eigenvalue weighted by atomic mass is 32.2. The van der Waals surface area contributed by atoms with Crippen LogP contribution in [-0.4, -0.2) is 17.6 Å². The van der Waals surface area contributed by atoms with E-state index < -0.39 is 0 Å². The lowest BCUT2D eigenvalue weighted by Gasteiger charge is -2.25. The molecule has 1 saturated heterocycles. The molecule has 1 heterocycles. The quantitative estimate of drug-likeness (QED) is 0.766. The summed E-state index contributed by atoms with van der Waals surface area (Å²) in [6, 6.07) is 16.0. The standard InChI is InChI=1S/C23H26N2O2S/c1-16-10-12-20(13-11-16)25-21(26)15-28-23(25)18-8-5-9-19(14-18)24-22(27)17-6-3-2-4-7-17/h5,8-14,17,23H,2-4,6-7,15H2,1H3,(H,24,27). The maximum Gasteiger partial charge on any atom is 0.238 e. The number of thioether (sulfide) groups is 1.